The molecule has 0 saturated carbocycles. The highest BCUT2D eigenvalue weighted by Gasteiger charge is 2.20. The normalized spacial score (nSPS) is 20.1. The van der Waals surface area contributed by atoms with E-state index in [0.717, 1.165) is 18.7 Å². The molecule has 0 radical (unpaired) electrons. The third-order valence-corrected chi connectivity index (χ3v) is 3.93. The van der Waals surface area contributed by atoms with Crippen molar-refractivity contribution >= 4 is 17.4 Å². The number of amides is 1. The van der Waals surface area contributed by atoms with Gasteiger partial charge in [0.1, 0.15) is 4.88 Å². The number of hydrogen-bond acceptors (Lipinski definition) is 5. The van der Waals surface area contributed by atoms with Gasteiger partial charge >= 0.3 is 0 Å². The highest BCUT2D eigenvalue weighted by molar-refractivity contribution is 7.08. The first-order valence-corrected chi connectivity index (χ1v) is 7.29. The van der Waals surface area contributed by atoms with Crippen LogP contribution in [0, 0.1) is 0 Å². The summed E-state index contributed by atoms with van der Waals surface area (Å²) in [7, 11) is 0. The van der Waals surface area contributed by atoms with Gasteiger partial charge in [-0.05, 0) is 36.8 Å². The molecule has 2 heterocycles. The van der Waals surface area contributed by atoms with Crippen LogP contribution < -0.4 is 10.6 Å². The van der Waals surface area contributed by atoms with Crippen LogP contribution in [0.2, 0.25) is 0 Å². The molecule has 2 N–H and O–H groups in total. The summed E-state index contributed by atoms with van der Waals surface area (Å²) in [5, 5.41) is 10.4. The highest BCUT2D eigenvalue weighted by atomic mass is 32.1. The van der Waals surface area contributed by atoms with Crippen LogP contribution in [0.1, 0.15) is 54.4 Å². The molecule has 100 valence electrons. The molecule has 0 spiro atoms. The van der Waals surface area contributed by atoms with Gasteiger partial charge in [0.05, 0.1) is 5.69 Å². The van der Waals surface area contributed by atoms with Gasteiger partial charge < -0.3 is 10.6 Å². The number of nitrogens with zero attached hydrogens (tertiary/aromatic N) is 2. The lowest BCUT2D eigenvalue weighted by Gasteiger charge is -2.23. The van der Waals surface area contributed by atoms with Crippen molar-refractivity contribution in [2.24, 2.45) is 0 Å². The molecular weight excluding hydrogens is 248 g/mol. The Kier molecular flexibility index (Phi) is 4.66. The number of hydrogen-bond donors (Lipinski definition) is 2. The minimum atomic E-state index is -0.0407. The fraction of sp³-hybridized carbons (Fsp3) is 0.750. The molecule has 0 aliphatic carbocycles. The Balaban J connectivity index is 1.89. The Morgan fingerprint density at radius 3 is 3.06 bits per heavy atom. The lowest BCUT2D eigenvalue weighted by Crippen LogP contribution is -2.43. The molecular formula is C12H20N4OS. The number of carbonyl (C=O) groups excluding carboxylic acids is 1. The van der Waals surface area contributed by atoms with Crippen molar-refractivity contribution in [3.05, 3.63) is 10.6 Å². The quantitative estimate of drug-likeness (QED) is 0.869. The number of rotatable bonds is 4. The molecule has 1 atom stereocenters. The first-order chi connectivity index (χ1) is 8.68. The zero-order valence-electron chi connectivity index (χ0n) is 10.9. The van der Waals surface area contributed by atoms with Crippen molar-refractivity contribution in [3.8, 4) is 0 Å². The number of nitrogens with one attached hydrogen (secondary N) is 2. The molecule has 6 heteroatoms. The van der Waals surface area contributed by atoms with E-state index in [1.807, 2.05) is 13.8 Å². The average molecular weight is 268 g/mol. The van der Waals surface area contributed by atoms with Crippen molar-refractivity contribution in [2.45, 2.75) is 45.1 Å². The van der Waals surface area contributed by atoms with Gasteiger partial charge in [0, 0.05) is 12.6 Å². The van der Waals surface area contributed by atoms with E-state index in [0.29, 0.717) is 17.5 Å². The summed E-state index contributed by atoms with van der Waals surface area (Å²) in [5.74, 6) is 0.193. The van der Waals surface area contributed by atoms with Gasteiger partial charge in [-0.15, -0.1) is 5.10 Å². The molecule has 1 saturated heterocycles. The second-order valence-electron chi connectivity index (χ2n) is 5.00. The van der Waals surface area contributed by atoms with Crippen LogP contribution >= 0.6 is 11.5 Å². The standard InChI is InChI=1S/C12H20N4OS/c1-8(2)10-11(18-16-15-10)12(17)14-7-9-5-3-4-6-13-9/h8-9,13H,3-7H2,1-2H3,(H,14,17). The molecule has 2 rings (SSSR count). The Hall–Kier alpha value is -1.01. The number of carbonyl (C=O) groups is 1. The predicted octanol–water partition coefficient (Wildman–Crippen LogP) is 1.53. The van der Waals surface area contributed by atoms with E-state index >= 15 is 0 Å². The maximum absolute atomic E-state index is 12.1. The number of aromatic nitrogens is 2. The molecule has 18 heavy (non-hydrogen) atoms. The van der Waals surface area contributed by atoms with Crippen LogP contribution in [0.15, 0.2) is 0 Å². The van der Waals surface area contributed by atoms with Crippen molar-refractivity contribution < 1.29 is 4.79 Å². The SMILES string of the molecule is CC(C)c1nnsc1C(=O)NCC1CCCCN1. The fourth-order valence-electron chi connectivity index (χ4n) is 2.13. The van der Waals surface area contributed by atoms with Gasteiger partial charge in [0.25, 0.3) is 5.91 Å². The van der Waals surface area contributed by atoms with Gasteiger partial charge in [0.15, 0.2) is 0 Å². The Morgan fingerprint density at radius 2 is 2.39 bits per heavy atom. The molecule has 1 unspecified atom stereocenters. The highest BCUT2D eigenvalue weighted by Crippen LogP contribution is 2.19. The molecule has 1 fully saturated rings. The van der Waals surface area contributed by atoms with Gasteiger partial charge in [0.2, 0.25) is 0 Å². The molecule has 5 nitrogen and oxygen atoms in total. The minimum Gasteiger partial charge on any atom is -0.350 e. The monoisotopic (exact) mass is 268 g/mol. The van der Waals surface area contributed by atoms with Crippen LogP contribution in [0.25, 0.3) is 0 Å². The minimum absolute atomic E-state index is 0.0407. The molecule has 0 aromatic carbocycles. The van der Waals surface area contributed by atoms with E-state index in [4.69, 9.17) is 0 Å². The van der Waals surface area contributed by atoms with Gasteiger partial charge in [-0.25, -0.2) is 0 Å². The van der Waals surface area contributed by atoms with Crippen molar-refractivity contribution in [1.82, 2.24) is 20.2 Å². The number of piperidine rings is 1. The van der Waals surface area contributed by atoms with Crippen LogP contribution in [-0.4, -0.2) is 34.6 Å². The smallest absolute Gasteiger partial charge is 0.265 e. The first kappa shape index (κ1) is 13.4. The Bertz CT molecular complexity index is 399. The third kappa shape index (κ3) is 3.26. The van der Waals surface area contributed by atoms with Crippen molar-refractivity contribution in [3.63, 3.8) is 0 Å². The molecule has 1 aromatic heterocycles. The summed E-state index contributed by atoms with van der Waals surface area (Å²) < 4.78 is 3.87. The van der Waals surface area contributed by atoms with E-state index in [2.05, 4.69) is 20.2 Å². The molecule has 1 amide bonds. The van der Waals surface area contributed by atoms with Gasteiger partial charge in [-0.1, -0.05) is 24.8 Å². The average Bonchev–Trinajstić information content (AvgIpc) is 2.86. The summed E-state index contributed by atoms with van der Waals surface area (Å²) in [4.78, 5) is 12.7. The second kappa shape index (κ2) is 6.24. The Labute approximate surface area is 112 Å². The van der Waals surface area contributed by atoms with Crippen molar-refractivity contribution in [1.29, 1.82) is 0 Å². The van der Waals surface area contributed by atoms with E-state index in [1.165, 1.54) is 24.4 Å². The van der Waals surface area contributed by atoms with Crippen LogP contribution in [0.3, 0.4) is 0 Å². The van der Waals surface area contributed by atoms with Crippen LogP contribution in [0.5, 0.6) is 0 Å². The zero-order chi connectivity index (χ0) is 13.0. The predicted molar refractivity (Wildman–Crippen MR) is 72.0 cm³/mol. The molecule has 1 aromatic rings. The van der Waals surface area contributed by atoms with E-state index in [1.54, 1.807) is 0 Å². The molecule has 1 aliphatic heterocycles. The summed E-state index contributed by atoms with van der Waals surface area (Å²) in [5.41, 5.74) is 0.800. The van der Waals surface area contributed by atoms with Crippen molar-refractivity contribution in [2.75, 3.05) is 13.1 Å². The van der Waals surface area contributed by atoms with E-state index < -0.39 is 0 Å². The lowest BCUT2D eigenvalue weighted by molar-refractivity contribution is 0.0950. The van der Waals surface area contributed by atoms with E-state index in [9.17, 15) is 4.79 Å². The lowest BCUT2D eigenvalue weighted by atomic mass is 10.1. The largest absolute Gasteiger partial charge is 0.350 e. The maximum Gasteiger partial charge on any atom is 0.265 e. The molecule has 1 aliphatic rings. The Morgan fingerprint density at radius 1 is 1.56 bits per heavy atom. The summed E-state index contributed by atoms with van der Waals surface area (Å²) in [6, 6.07) is 0.408. The van der Waals surface area contributed by atoms with Gasteiger partial charge in [-0.2, -0.15) is 0 Å². The maximum atomic E-state index is 12.1. The van der Waals surface area contributed by atoms with Crippen LogP contribution in [0.4, 0.5) is 0 Å². The summed E-state index contributed by atoms with van der Waals surface area (Å²) >= 11 is 1.18. The fourth-order valence-corrected chi connectivity index (χ4v) is 2.86. The topological polar surface area (TPSA) is 66.9 Å². The zero-order valence-corrected chi connectivity index (χ0v) is 11.7. The van der Waals surface area contributed by atoms with E-state index in [-0.39, 0.29) is 11.8 Å². The third-order valence-electron chi connectivity index (χ3n) is 3.19. The first-order valence-electron chi connectivity index (χ1n) is 6.52. The van der Waals surface area contributed by atoms with Gasteiger partial charge in [-0.3, -0.25) is 4.79 Å². The second-order valence-corrected chi connectivity index (χ2v) is 5.75. The summed E-state index contributed by atoms with van der Waals surface area (Å²) in [6.45, 7) is 5.79. The molecule has 0 bridgehead atoms. The summed E-state index contributed by atoms with van der Waals surface area (Å²) in [6.07, 6.45) is 3.62. The van der Waals surface area contributed by atoms with Crippen LogP contribution in [-0.2, 0) is 0 Å².